The molecular formula is C19H14N4O. The molecule has 0 bridgehead atoms. The molecule has 0 aliphatic carbocycles. The van der Waals surface area contributed by atoms with Gasteiger partial charge in [-0.1, -0.05) is 24.3 Å². The van der Waals surface area contributed by atoms with Gasteiger partial charge < -0.3 is 5.32 Å². The SMILES string of the molecule is Cc1ccccc1C(=O)c1ccnc(Nc2ccc(C#N)cc2)n1. The Morgan fingerprint density at radius 3 is 2.54 bits per heavy atom. The van der Waals surface area contributed by atoms with E-state index in [4.69, 9.17) is 5.26 Å². The van der Waals surface area contributed by atoms with E-state index in [0.717, 1.165) is 11.3 Å². The second-order valence-corrected chi connectivity index (χ2v) is 5.22. The van der Waals surface area contributed by atoms with Crippen LogP contribution >= 0.6 is 0 Å². The van der Waals surface area contributed by atoms with Crippen molar-refractivity contribution >= 4 is 17.4 Å². The fraction of sp³-hybridized carbons (Fsp3) is 0.0526. The van der Waals surface area contributed by atoms with Gasteiger partial charge in [-0.25, -0.2) is 9.97 Å². The number of carbonyl (C=O) groups excluding carboxylic acids is 1. The minimum absolute atomic E-state index is 0.140. The lowest BCUT2D eigenvalue weighted by molar-refractivity contribution is 0.103. The number of ketones is 1. The molecule has 5 nitrogen and oxygen atoms in total. The predicted octanol–water partition coefficient (Wildman–Crippen LogP) is 3.63. The number of rotatable bonds is 4. The van der Waals surface area contributed by atoms with Gasteiger partial charge in [0.15, 0.2) is 0 Å². The van der Waals surface area contributed by atoms with Crippen LogP contribution in [-0.2, 0) is 0 Å². The van der Waals surface area contributed by atoms with Crippen LogP contribution in [0.15, 0.2) is 60.8 Å². The number of benzene rings is 2. The summed E-state index contributed by atoms with van der Waals surface area (Å²) in [6.07, 6.45) is 1.55. The largest absolute Gasteiger partial charge is 0.324 e. The van der Waals surface area contributed by atoms with Crippen molar-refractivity contribution in [2.75, 3.05) is 5.32 Å². The molecule has 116 valence electrons. The van der Waals surface area contributed by atoms with Gasteiger partial charge >= 0.3 is 0 Å². The molecule has 2 aromatic carbocycles. The summed E-state index contributed by atoms with van der Waals surface area (Å²) in [7, 11) is 0. The highest BCUT2D eigenvalue weighted by Gasteiger charge is 2.13. The topological polar surface area (TPSA) is 78.7 Å². The van der Waals surface area contributed by atoms with E-state index in [0.29, 0.717) is 22.8 Å². The van der Waals surface area contributed by atoms with Gasteiger partial charge in [-0.3, -0.25) is 4.79 Å². The average Bonchev–Trinajstić information content (AvgIpc) is 2.62. The van der Waals surface area contributed by atoms with Crippen LogP contribution in [0, 0.1) is 18.3 Å². The van der Waals surface area contributed by atoms with Gasteiger partial charge in [0.2, 0.25) is 11.7 Å². The lowest BCUT2D eigenvalue weighted by Crippen LogP contribution is -2.08. The number of aromatic nitrogens is 2. The van der Waals surface area contributed by atoms with Crippen molar-refractivity contribution in [1.82, 2.24) is 9.97 Å². The highest BCUT2D eigenvalue weighted by atomic mass is 16.1. The van der Waals surface area contributed by atoms with Crippen molar-refractivity contribution in [2.45, 2.75) is 6.92 Å². The van der Waals surface area contributed by atoms with Gasteiger partial charge in [-0.15, -0.1) is 0 Å². The van der Waals surface area contributed by atoms with Gasteiger partial charge in [0.05, 0.1) is 11.6 Å². The van der Waals surface area contributed by atoms with Crippen LogP contribution in [0.5, 0.6) is 0 Å². The first-order chi connectivity index (χ1) is 11.7. The van der Waals surface area contributed by atoms with E-state index in [2.05, 4.69) is 21.4 Å². The molecule has 1 N–H and O–H groups in total. The molecule has 24 heavy (non-hydrogen) atoms. The molecule has 0 amide bonds. The van der Waals surface area contributed by atoms with E-state index in [-0.39, 0.29) is 5.78 Å². The third-order valence-electron chi connectivity index (χ3n) is 3.55. The molecular weight excluding hydrogens is 300 g/mol. The number of hydrogen-bond acceptors (Lipinski definition) is 5. The Balaban J connectivity index is 1.85. The van der Waals surface area contributed by atoms with Crippen LogP contribution < -0.4 is 5.32 Å². The number of carbonyl (C=O) groups is 1. The zero-order valence-electron chi connectivity index (χ0n) is 13.0. The molecule has 3 aromatic rings. The first-order valence-corrected chi connectivity index (χ1v) is 7.38. The van der Waals surface area contributed by atoms with E-state index < -0.39 is 0 Å². The summed E-state index contributed by atoms with van der Waals surface area (Å²) in [5.41, 5.74) is 3.18. The fourth-order valence-electron chi connectivity index (χ4n) is 2.27. The monoisotopic (exact) mass is 314 g/mol. The lowest BCUT2D eigenvalue weighted by Gasteiger charge is -2.07. The van der Waals surface area contributed by atoms with E-state index in [9.17, 15) is 4.79 Å². The highest BCUT2D eigenvalue weighted by Crippen LogP contribution is 2.16. The van der Waals surface area contributed by atoms with Crippen LogP contribution in [0.4, 0.5) is 11.6 Å². The van der Waals surface area contributed by atoms with Crippen molar-refractivity contribution in [3.05, 3.63) is 83.2 Å². The maximum atomic E-state index is 12.6. The number of nitriles is 1. The highest BCUT2D eigenvalue weighted by molar-refractivity contribution is 6.08. The summed E-state index contributed by atoms with van der Waals surface area (Å²) in [5, 5.41) is 11.8. The molecule has 0 aliphatic heterocycles. The number of aryl methyl sites for hydroxylation is 1. The standard InChI is InChI=1S/C19H14N4O/c1-13-4-2-3-5-16(13)18(24)17-10-11-21-19(23-17)22-15-8-6-14(12-20)7-9-15/h2-11H,1H3,(H,21,22,23). The number of nitrogens with zero attached hydrogens (tertiary/aromatic N) is 3. The Morgan fingerprint density at radius 2 is 1.83 bits per heavy atom. The van der Waals surface area contributed by atoms with Crippen molar-refractivity contribution in [2.24, 2.45) is 0 Å². The molecule has 0 unspecified atom stereocenters. The van der Waals surface area contributed by atoms with E-state index in [1.54, 1.807) is 42.6 Å². The third kappa shape index (κ3) is 3.28. The summed E-state index contributed by atoms with van der Waals surface area (Å²) < 4.78 is 0. The van der Waals surface area contributed by atoms with Crippen molar-refractivity contribution in [3.63, 3.8) is 0 Å². The molecule has 0 spiro atoms. The second kappa shape index (κ2) is 6.71. The Morgan fingerprint density at radius 1 is 1.08 bits per heavy atom. The van der Waals surface area contributed by atoms with E-state index in [1.807, 2.05) is 25.1 Å². The Hall–Kier alpha value is -3.52. The Bertz CT molecular complexity index is 927. The summed E-state index contributed by atoms with van der Waals surface area (Å²) in [5.74, 6) is 0.192. The zero-order valence-corrected chi connectivity index (χ0v) is 13.0. The molecule has 0 radical (unpaired) electrons. The molecule has 0 saturated carbocycles. The molecule has 1 aromatic heterocycles. The van der Waals surface area contributed by atoms with Gasteiger partial charge in [0.1, 0.15) is 5.69 Å². The summed E-state index contributed by atoms with van der Waals surface area (Å²) in [6.45, 7) is 1.89. The normalized spacial score (nSPS) is 10.0. The number of hydrogen-bond donors (Lipinski definition) is 1. The van der Waals surface area contributed by atoms with Crippen LogP contribution in [0.25, 0.3) is 0 Å². The van der Waals surface area contributed by atoms with Crippen LogP contribution in [0.2, 0.25) is 0 Å². The predicted molar refractivity (Wildman–Crippen MR) is 91.1 cm³/mol. The minimum Gasteiger partial charge on any atom is -0.324 e. The summed E-state index contributed by atoms with van der Waals surface area (Å²) in [6, 6.07) is 18.0. The van der Waals surface area contributed by atoms with E-state index >= 15 is 0 Å². The van der Waals surface area contributed by atoms with Crippen LogP contribution in [0.3, 0.4) is 0 Å². The van der Waals surface area contributed by atoms with E-state index in [1.165, 1.54) is 0 Å². The van der Waals surface area contributed by atoms with Crippen LogP contribution in [0.1, 0.15) is 27.2 Å². The zero-order chi connectivity index (χ0) is 16.9. The molecule has 0 atom stereocenters. The second-order valence-electron chi connectivity index (χ2n) is 5.22. The first kappa shape index (κ1) is 15.4. The molecule has 1 heterocycles. The molecule has 3 rings (SSSR count). The summed E-state index contributed by atoms with van der Waals surface area (Å²) in [4.78, 5) is 21.0. The summed E-state index contributed by atoms with van der Waals surface area (Å²) >= 11 is 0. The first-order valence-electron chi connectivity index (χ1n) is 7.38. The molecule has 0 fully saturated rings. The van der Waals surface area contributed by atoms with Crippen molar-refractivity contribution in [1.29, 1.82) is 5.26 Å². The van der Waals surface area contributed by atoms with Gasteiger partial charge in [-0.2, -0.15) is 5.26 Å². The number of anilines is 2. The van der Waals surface area contributed by atoms with Gasteiger partial charge in [-0.05, 0) is 42.8 Å². The Labute approximate surface area is 139 Å². The van der Waals surface area contributed by atoms with Gasteiger partial charge in [0.25, 0.3) is 0 Å². The lowest BCUT2D eigenvalue weighted by atomic mass is 10.0. The molecule has 0 aliphatic rings. The van der Waals surface area contributed by atoms with Crippen molar-refractivity contribution in [3.8, 4) is 6.07 Å². The maximum Gasteiger partial charge on any atom is 0.227 e. The smallest absolute Gasteiger partial charge is 0.227 e. The Kier molecular flexibility index (Phi) is 4.30. The minimum atomic E-state index is -0.140. The maximum absolute atomic E-state index is 12.6. The molecule has 5 heteroatoms. The van der Waals surface area contributed by atoms with Crippen LogP contribution in [-0.4, -0.2) is 15.8 Å². The number of nitrogens with one attached hydrogen (secondary N) is 1. The average molecular weight is 314 g/mol. The van der Waals surface area contributed by atoms with Gasteiger partial charge in [0, 0.05) is 17.4 Å². The molecule has 0 saturated heterocycles. The van der Waals surface area contributed by atoms with Crippen molar-refractivity contribution < 1.29 is 4.79 Å². The third-order valence-corrected chi connectivity index (χ3v) is 3.55. The quantitative estimate of drug-likeness (QED) is 0.744. The fourth-order valence-corrected chi connectivity index (χ4v) is 2.27.